The van der Waals surface area contributed by atoms with Gasteiger partial charge < -0.3 is 14.7 Å². The molecule has 0 aliphatic carbocycles. The number of hydrogen-bond donors (Lipinski definition) is 1. The van der Waals surface area contributed by atoms with E-state index in [1.165, 1.54) is 37.4 Å². The van der Waals surface area contributed by atoms with E-state index < -0.39 is 15.8 Å². The molecule has 0 bridgehead atoms. The molecule has 0 aromatic heterocycles. The first-order chi connectivity index (χ1) is 13.8. The number of rotatable bonds is 5. The zero-order valence-corrected chi connectivity index (χ0v) is 16.9. The summed E-state index contributed by atoms with van der Waals surface area (Å²) in [6.45, 7) is 1.36. The van der Waals surface area contributed by atoms with Crippen LogP contribution in [0.1, 0.15) is 45.5 Å². The smallest absolute Gasteiger partial charge is 0.341 e. The number of piperidine rings is 1. The average molecular weight is 417 g/mol. The van der Waals surface area contributed by atoms with E-state index in [0.717, 1.165) is 19.3 Å². The third-order valence-corrected chi connectivity index (χ3v) is 6.59. The minimum Gasteiger partial charge on any atom is -0.507 e. The molecule has 1 aliphatic heterocycles. The summed E-state index contributed by atoms with van der Waals surface area (Å²) in [5.41, 5.74) is 0.627. The summed E-state index contributed by atoms with van der Waals surface area (Å²) in [6.07, 6.45) is 3.00. The van der Waals surface area contributed by atoms with Gasteiger partial charge in [0.05, 0.1) is 17.8 Å². The molecule has 8 heteroatoms. The lowest BCUT2D eigenvalue weighted by molar-refractivity contribution is 0.0597. The zero-order chi connectivity index (χ0) is 21.0. The van der Waals surface area contributed by atoms with Gasteiger partial charge in [-0.2, -0.15) is 0 Å². The number of carbonyl (C=O) groups is 2. The van der Waals surface area contributed by atoms with E-state index in [1.807, 2.05) is 0 Å². The second-order valence-corrected chi connectivity index (χ2v) is 8.97. The van der Waals surface area contributed by atoms with Gasteiger partial charge in [0.1, 0.15) is 11.3 Å². The normalized spacial score (nSPS) is 14.4. The van der Waals surface area contributed by atoms with Crippen LogP contribution in [-0.2, 0) is 20.3 Å². The van der Waals surface area contributed by atoms with Crippen LogP contribution in [0.15, 0.2) is 47.4 Å². The van der Waals surface area contributed by atoms with Crippen molar-refractivity contribution in [1.82, 2.24) is 4.90 Å². The molecule has 1 fully saturated rings. The molecule has 1 amide bonds. The van der Waals surface area contributed by atoms with E-state index in [9.17, 15) is 23.1 Å². The second-order valence-electron chi connectivity index (χ2n) is 6.98. The van der Waals surface area contributed by atoms with Crippen LogP contribution in [0.25, 0.3) is 0 Å². The van der Waals surface area contributed by atoms with E-state index in [1.54, 1.807) is 17.0 Å². The topological polar surface area (TPSA) is 101 Å². The fraction of sp³-hybridized carbons (Fsp3) is 0.333. The Morgan fingerprint density at radius 3 is 2.45 bits per heavy atom. The van der Waals surface area contributed by atoms with Gasteiger partial charge in [-0.3, -0.25) is 4.79 Å². The Hall–Kier alpha value is -2.87. The van der Waals surface area contributed by atoms with Gasteiger partial charge in [-0.25, -0.2) is 13.2 Å². The number of phenolic OH excluding ortho intramolecular Hbond substituents is 1. The van der Waals surface area contributed by atoms with Crippen molar-refractivity contribution >= 4 is 21.7 Å². The van der Waals surface area contributed by atoms with E-state index in [4.69, 9.17) is 0 Å². The molecule has 2 aromatic rings. The van der Waals surface area contributed by atoms with Crippen molar-refractivity contribution in [3.63, 3.8) is 0 Å². The number of benzene rings is 2. The number of aromatic hydroxyl groups is 1. The second kappa shape index (κ2) is 8.65. The molecule has 1 N–H and O–H groups in total. The molecule has 0 atom stereocenters. The van der Waals surface area contributed by atoms with Gasteiger partial charge in [-0.1, -0.05) is 12.1 Å². The minimum atomic E-state index is -3.75. The lowest BCUT2D eigenvalue weighted by Crippen LogP contribution is -2.35. The molecule has 154 valence electrons. The third-order valence-electron chi connectivity index (χ3n) is 4.91. The molecule has 0 unspecified atom stereocenters. The number of methoxy groups -OCH3 is 1. The van der Waals surface area contributed by atoms with Gasteiger partial charge in [-0.15, -0.1) is 0 Å². The predicted octanol–water partition coefficient (Wildman–Crippen LogP) is 2.78. The monoisotopic (exact) mass is 417 g/mol. The van der Waals surface area contributed by atoms with Gasteiger partial charge in [0.15, 0.2) is 9.84 Å². The Bertz CT molecular complexity index is 1030. The summed E-state index contributed by atoms with van der Waals surface area (Å²) < 4.78 is 30.2. The van der Waals surface area contributed by atoms with Crippen molar-refractivity contribution in [2.24, 2.45) is 0 Å². The Labute approximate surface area is 169 Å². The number of nitrogens with zero attached hydrogens (tertiary/aromatic N) is 1. The first-order valence-electron chi connectivity index (χ1n) is 9.34. The molecule has 29 heavy (non-hydrogen) atoms. The summed E-state index contributed by atoms with van der Waals surface area (Å²) in [5, 5.41) is 9.98. The van der Waals surface area contributed by atoms with Crippen molar-refractivity contribution < 1.29 is 27.9 Å². The Kier molecular flexibility index (Phi) is 6.22. The fourth-order valence-corrected chi connectivity index (χ4v) is 4.73. The van der Waals surface area contributed by atoms with Crippen LogP contribution in [0.5, 0.6) is 5.75 Å². The summed E-state index contributed by atoms with van der Waals surface area (Å²) >= 11 is 0. The molecule has 0 spiro atoms. The van der Waals surface area contributed by atoms with E-state index in [0.29, 0.717) is 24.2 Å². The largest absolute Gasteiger partial charge is 0.507 e. The Balaban J connectivity index is 1.82. The first kappa shape index (κ1) is 20.9. The van der Waals surface area contributed by atoms with E-state index in [2.05, 4.69) is 4.74 Å². The number of likely N-dealkylation sites (tertiary alicyclic amines) is 1. The Morgan fingerprint density at radius 2 is 1.79 bits per heavy atom. The summed E-state index contributed by atoms with van der Waals surface area (Å²) in [7, 11) is -2.56. The number of phenols is 1. The summed E-state index contributed by atoms with van der Waals surface area (Å²) in [4.78, 5) is 26.0. The van der Waals surface area contributed by atoms with Gasteiger partial charge in [0.25, 0.3) is 5.91 Å². The molecule has 3 rings (SSSR count). The molecule has 2 aromatic carbocycles. The SMILES string of the molecule is COC(=O)c1ccc(CS(=O)(=O)c2cccc(C(=O)N3CCCCC3)c2)cc1O. The highest BCUT2D eigenvalue weighted by molar-refractivity contribution is 7.90. The fourth-order valence-electron chi connectivity index (χ4n) is 3.35. The summed E-state index contributed by atoms with van der Waals surface area (Å²) in [5.74, 6) is -1.59. The number of sulfone groups is 1. The lowest BCUT2D eigenvalue weighted by Gasteiger charge is -2.26. The number of hydrogen-bond acceptors (Lipinski definition) is 6. The molecule has 0 saturated carbocycles. The van der Waals surface area contributed by atoms with Crippen molar-refractivity contribution in [3.05, 3.63) is 59.2 Å². The standard InChI is InChI=1S/C21H23NO6S/c1-28-21(25)18-9-8-15(12-19(18)23)14-29(26,27)17-7-5-6-16(13-17)20(24)22-10-3-2-4-11-22/h5-9,12-13,23H,2-4,10-11,14H2,1H3. The predicted molar refractivity (Wildman–Crippen MR) is 107 cm³/mol. The number of amides is 1. The first-order valence-corrected chi connectivity index (χ1v) is 11.0. The number of esters is 1. The highest BCUT2D eigenvalue weighted by atomic mass is 32.2. The third kappa shape index (κ3) is 4.76. The van der Waals surface area contributed by atoms with Crippen LogP contribution in [0.4, 0.5) is 0 Å². The van der Waals surface area contributed by atoms with Crippen LogP contribution >= 0.6 is 0 Å². The molecular formula is C21H23NO6S. The average Bonchev–Trinajstić information content (AvgIpc) is 2.73. The van der Waals surface area contributed by atoms with Crippen molar-refractivity contribution in [2.45, 2.75) is 29.9 Å². The van der Waals surface area contributed by atoms with Crippen LogP contribution < -0.4 is 0 Å². The van der Waals surface area contributed by atoms with Crippen LogP contribution in [0, 0.1) is 0 Å². The molecule has 1 heterocycles. The maximum Gasteiger partial charge on any atom is 0.341 e. The van der Waals surface area contributed by atoms with Crippen molar-refractivity contribution in [2.75, 3.05) is 20.2 Å². The summed E-state index contributed by atoms with van der Waals surface area (Å²) in [6, 6.07) is 10.0. The maximum atomic E-state index is 12.8. The maximum absolute atomic E-state index is 12.8. The van der Waals surface area contributed by atoms with Gasteiger partial charge in [0, 0.05) is 18.7 Å². The van der Waals surface area contributed by atoms with Gasteiger partial charge in [-0.05, 0) is 55.2 Å². The highest BCUT2D eigenvalue weighted by Crippen LogP contribution is 2.24. The zero-order valence-electron chi connectivity index (χ0n) is 16.1. The van der Waals surface area contributed by atoms with Crippen LogP contribution in [-0.4, -0.2) is 50.5 Å². The van der Waals surface area contributed by atoms with E-state index >= 15 is 0 Å². The van der Waals surface area contributed by atoms with Crippen LogP contribution in [0.3, 0.4) is 0 Å². The van der Waals surface area contributed by atoms with E-state index in [-0.39, 0.29) is 27.9 Å². The Morgan fingerprint density at radius 1 is 1.07 bits per heavy atom. The van der Waals surface area contributed by atoms with Gasteiger partial charge in [0.2, 0.25) is 0 Å². The molecule has 7 nitrogen and oxygen atoms in total. The molecular weight excluding hydrogens is 394 g/mol. The van der Waals surface area contributed by atoms with Gasteiger partial charge >= 0.3 is 5.97 Å². The highest BCUT2D eigenvalue weighted by Gasteiger charge is 2.22. The molecule has 0 radical (unpaired) electrons. The van der Waals surface area contributed by atoms with Crippen molar-refractivity contribution in [3.8, 4) is 5.75 Å². The van der Waals surface area contributed by atoms with Crippen LogP contribution in [0.2, 0.25) is 0 Å². The quantitative estimate of drug-likeness (QED) is 0.751. The molecule has 1 aliphatic rings. The number of carbonyl (C=O) groups excluding carboxylic acids is 2. The number of ether oxygens (including phenoxy) is 1. The lowest BCUT2D eigenvalue weighted by atomic mass is 10.1. The molecule has 1 saturated heterocycles. The van der Waals surface area contributed by atoms with Crippen molar-refractivity contribution in [1.29, 1.82) is 0 Å². The minimum absolute atomic E-state index is 0.0388.